The second-order valence-electron chi connectivity index (χ2n) is 6.00. The number of aromatic nitrogens is 1. The zero-order valence-electron chi connectivity index (χ0n) is 14.9. The minimum Gasteiger partial charge on any atom is -0.467 e. The Bertz CT molecular complexity index is 713. The smallest absolute Gasteiger partial charge is 0.256 e. The number of carbonyl (C=O) groups is 2. The highest BCUT2D eigenvalue weighted by molar-refractivity contribution is 6.53. The predicted molar refractivity (Wildman–Crippen MR) is 101 cm³/mol. The molecule has 0 aliphatic heterocycles. The summed E-state index contributed by atoms with van der Waals surface area (Å²) in [7, 11) is 1.92. The van der Waals surface area contributed by atoms with Gasteiger partial charge in [-0.2, -0.15) is 0 Å². The molecule has 26 heavy (non-hydrogen) atoms. The van der Waals surface area contributed by atoms with Crippen molar-refractivity contribution < 1.29 is 14.0 Å². The molecule has 0 aromatic carbocycles. The van der Waals surface area contributed by atoms with Gasteiger partial charge in [-0.25, -0.2) is 0 Å². The van der Waals surface area contributed by atoms with E-state index >= 15 is 0 Å². The van der Waals surface area contributed by atoms with E-state index in [4.69, 9.17) is 27.6 Å². The van der Waals surface area contributed by atoms with Crippen molar-refractivity contribution in [3.8, 4) is 0 Å². The summed E-state index contributed by atoms with van der Waals surface area (Å²) in [5.74, 6) is 0.0206. The van der Waals surface area contributed by atoms with Crippen LogP contribution in [0.3, 0.4) is 0 Å². The van der Waals surface area contributed by atoms with Gasteiger partial charge >= 0.3 is 0 Å². The third kappa shape index (κ3) is 5.54. The third-order valence-corrected chi connectivity index (χ3v) is 4.38. The molecule has 0 aliphatic rings. The quantitative estimate of drug-likeness (QED) is 0.608. The van der Waals surface area contributed by atoms with E-state index in [-0.39, 0.29) is 12.5 Å². The molecule has 142 valence electrons. The number of nitrogens with zero attached hydrogens (tertiary/aromatic N) is 3. The monoisotopic (exact) mass is 399 g/mol. The van der Waals surface area contributed by atoms with Crippen LogP contribution < -0.4 is 0 Å². The lowest BCUT2D eigenvalue weighted by molar-refractivity contribution is -0.140. The van der Waals surface area contributed by atoms with Gasteiger partial charge in [0.1, 0.15) is 5.76 Å². The Morgan fingerprint density at radius 3 is 2.50 bits per heavy atom. The van der Waals surface area contributed by atoms with Gasteiger partial charge in [-0.15, -0.1) is 0 Å². The van der Waals surface area contributed by atoms with Crippen LogP contribution in [0.4, 0.5) is 0 Å². The summed E-state index contributed by atoms with van der Waals surface area (Å²) in [6.45, 7) is 2.98. The SMILES string of the molecule is CCCN(CC(=O)N(Cc1ccco1)Cc1cccn1C)C(=O)C(Cl)Cl. The molecule has 2 heterocycles. The number of carbonyl (C=O) groups excluding carboxylic acids is 2. The number of furan rings is 1. The fourth-order valence-corrected chi connectivity index (χ4v) is 2.89. The number of hydrogen-bond acceptors (Lipinski definition) is 3. The maximum absolute atomic E-state index is 12.9. The Morgan fingerprint density at radius 1 is 1.19 bits per heavy atom. The fourth-order valence-electron chi connectivity index (χ4n) is 2.62. The summed E-state index contributed by atoms with van der Waals surface area (Å²) >= 11 is 11.4. The summed E-state index contributed by atoms with van der Waals surface area (Å²) < 4.78 is 7.33. The van der Waals surface area contributed by atoms with Gasteiger partial charge < -0.3 is 18.8 Å². The summed E-state index contributed by atoms with van der Waals surface area (Å²) in [6.07, 6.45) is 4.19. The summed E-state index contributed by atoms with van der Waals surface area (Å²) in [5.41, 5.74) is 0.978. The van der Waals surface area contributed by atoms with Crippen LogP contribution in [0.2, 0.25) is 0 Å². The van der Waals surface area contributed by atoms with Gasteiger partial charge in [-0.05, 0) is 30.7 Å². The van der Waals surface area contributed by atoms with Gasteiger partial charge in [0.2, 0.25) is 5.91 Å². The maximum Gasteiger partial charge on any atom is 0.256 e. The van der Waals surface area contributed by atoms with E-state index in [1.165, 1.54) is 4.90 Å². The Kier molecular flexibility index (Phi) is 7.60. The molecule has 0 N–H and O–H groups in total. The van der Waals surface area contributed by atoms with E-state index in [0.29, 0.717) is 31.8 Å². The van der Waals surface area contributed by atoms with Crippen molar-refractivity contribution in [3.05, 3.63) is 48.2 Å². The first kappa shape index (κ1) is 20.4. The summed E-state index contributed by atoms with van der Waals surface area (Å²) in [5, 5.41) is 0. The van der Waals surface area contributed by atoms with E-state index in [0.717, 1.165) is 5.69 Å². The van der Waals surface area contributed by atoms with E-state index in [1.807, 2.05) is 42.9 Å². The Morgan fingerprint density at radius 2 is 1.96 bits per heavy atom. The molecular formula is C18H23Cl2N3O3. The minimum absolute atomic E-state index is 0.0757. The highest BCUT2D eigenvalue weighted by Crippen LogP contribution is 2.13. The molecule has 0 saturated heterocycles. The molecule has 6 nitrogen and oxygen atoms in total. The average Bonchev–Trinajstić information content (AvgIpc) is 3.25. The van der Waals surface area contributed by atoms with Crippen LogP contribution in [0.1, 0.15) is 24.8 Å². The second kappa shape index (κ2) is 9.69. The van der Waals surface area contributed by atoms with Crippen molar-refractivity contribution in [2.45, 2.75) is 31.3 Å². The Hall–Kier alpha value is -1.92. The van der Waals surface area contributed by atoms with E-state index in [9.17, 15) is 9.59 Å². The van der Waals surface area contributed by atoms with Crippen LogP contribution in [-0.4, -0.2) is 44.1 Å². The molecule has 2 amide bonds. The molecule has 0 fully saturated rings. The summed E-state index contributed by atoms with van der Waals surface area (Å²) in [6, 6.07) is 7.46. The number of aryl methyl sites for hydroxylation is 1. The lowest BCUT2D eigenvalue weighted by Crippen LogP contribution is -2.44. The topological polar surface area (TPSA) is 58.7 Å². The van der Waals surface area contributed by atoms with Crippen molar-refractivity contribution in [3.63, 3.8) is 0 Å². The largest absolute Gasteiger partial charge is 0.467 e. The predicted octanol–water partition coefficient (Wildman–Crippen LogP) is 3.19. The number of amides is 2. The fraction of sp³-hybridized carbons (Fsp3) is 0.444. The van der Waals surface area contributed by atoms with Crippen molar-refractivity contribution in [2.75, 3.05) is 13.1 Å². The number of halogens is 2. The first-order valence-corrected chi connectivity index (χ1v) is 9.27. The number of rotatable bonds is 9. The minimum atomic E-state index is -1.18. The van der Waals surface area contributed by atoms with Crippen LogP contribution >= 0.6 is 23.2 Å². The molecule has 2 aromatic heterocycles. The first-order valence-electron chi connectivity index (χ1n) is 8.39. The van der Waals surface area contributed by atoms with E-state index in [1.54, 1.807) is 17.2 Å². The molecule has 0 atom stereocenters. The van der Waals surface area contributed by atoms with Gasteiger partial charge in [-0.1, -0.05) is 30.1 Å². The Labute approximate surface area is 163 Å². The second-order valence-corrected chi connectivity index (χ2v) is 7.10. The lowest BCUT2D eigenvalue weighted by Gasteiger charge is -2.27. The van der Waals surface area contributed by atoms with Crippen molar-refractivity contribution in [2.24, 2.45) is 7.05 Å². The summed E-state index contributed by atoms with van der Waals surface area (Å²) in [4.78, 5) is 26.9. The maximum atomic E-state index is 12.9. The van der Waals surface area contributed by atoms with Gasteiger partial charge in [-0.3, -0.25) is 9.59 Å². The highest BCUT2D eigenvalue weighted by Gasteiger charge is 2.25. The normalized spacial score (nSPS) is 11.0. The molecule has 2 rings (SSSR count). The third-order valence-electron chi connectivity index (χ3n) is 4.00. The zero-order valence-corrected chi connectivity index (χ0v) is 16.4. The van der Waals surface area contributed by atoms with Gasteiger partial charge in [0.25, 0.3) is 5.91 Å². The molecule has 0 bridgehead atoms. The average molecular weight is 400 g/mol. The van der Waals surface area contributed by atoms with Crippen LogP contribution in [0, 0.1) is 0 Å². The van der Waals surface area contributed by atoms with Gasteiger partial charge in [0.05, 0.1) is 25.9 Å². The van der Waals surface area contributed by atoms with Gasteiger partial charge in [0, 0.05) is 25.5 Å². The van der Waals surface area contributed by atoms with Crippen LogP contribution in [0.15, 0.2) is 41.1 Å². The number of alkyl halides is 2. The number of hydrogen-bond donors (Lipinski definition) is 0. The molecule has 0 unspecified atom stereocenters. The standard InChI is InChI=1S/C18H23Cl2N3O3/c1-3-8-22(18(25)17(19)20)13-16(24)23(12-15-7-5-10-26-15)11-14-6-4-9-21(14)2/h4-7,9-10,17H,3,8,11-13H2,1-2H3. The molecule has 8 heteroatoms. The van der Waals surface area contributed by atoms with E-state index in [2.05, 4.69) is 0 Å². The van der Waals surface area contributed by atoms with Crippen LogP contribution in [-0.2, 0) is 29.7 Å². The van der Waals surface area contributed by atoms with Gasteiger partial charge in [0.15, 0.2) is 4.84 Å². The van der Waals surface area contributed by atoms with Crippen LogP contribution in [0.25, 0.3) is 0 Å². The molecule has 2 aromatic rings. The van der Waals surface area contributed by atoms with Crippen LogP contribution in [0.5, 0.6) is 0 Å². The molecule has 0 saturated carbocycles. The van der Waals surface area contributed by atoms with Crippen molar-refractivity contribution in [1.29, 1.82) is 0 Å². The Balaban J connectivity index is 2.15. The molecule has 0 radical (unpaired) electrons. The van der Waals surface area contributed by atoms with E-state index < -0.39 is 10.7 Å². The lowest BCUT2D eigenvalue weighted by atomic mass is 10.3. The zero-order chi connectivity index (χ0) is 19.1. The van der Waals surface area contributed by atoms with Crippen molar-refractivity contribution in [1.82, 2.24) is 14.4 Å². The highest BCUT2D eigenvalue weighted by atomic mass is 35.5. The first-order chi connectivity index (χ1) is 12.4. The molecular weight excluding hydrogens is 377 g/mol. The van der Waals surface area contributed by atoms with Crippen molar-refractivity contribution >= 4 is 35.0 Å². The molecule has 0 spiro atoms. The molecule has 0 aliphatic carbocycles.